The van der Waals surface area contributed by atoms with Crippen LogP contribution in [0.3, 0.4) is 0 Å². The van der Waals surface area contributed by atoms with E-state index in [1.165, 1.54) is 31.9 Å². The van der Waals surface area contributed by atoms with E-state index in [-0.39, 0.29) is 11.8 Å². The molecule has 1 aliphatic heterocycles. The van der Waals surface area contributed by atoms with Crippen LogP contribution in [0.5, 0.6) is 0 Å². The van der Waals surface area contributed by atoms with Crippen molar-refractivity contribution in [1.29, 1.82) is 0 Å². The van der Waals surface area contributed by atoms with E-state index in [0.717, 1.165) is 16.8 Å². The van der Waals surface area contributed by atoms with Crippen LogP contribution in [-0.2, 0) is 14.8 Å². The van der Waals surface area contributed by atoms with Crippen LogP contribution in [0.15, 0.2) is 44.8 Å². The number of aromatic nitrogens is 1. The maximum Gasteiger partial charge on any atom is 0.252 e. The van der Waals surface area contributed by atoms with Crippen molar-refractivity contribution < 1.29 is 13.2 Å². The zero-order valence-corrected chi connectivity index (χ0v) is 22.2. The molecule has 1 amide bonds. The van der Waals surface area contributed by atoms with Gasteiger partial charge in [0.05, 0.1) is 10.2 Å². The van der Waals surface area contributed by atoms with E-state index in [9.17, 15) is 13.2 Å². The zero-order valence-electron chi connectivity index (χ0n) is 18.9. The molecule has 0 unspecified atom stereocenters. The van der Waals surface area contributed by atoms with E-state index in [4.69, 9.17) is 4.98 Å². The second-order valence-corrected chi connectivity index (χ2v) is 13.2. The summed E-state index contributed by atoms with van der Waals surface area (Å²) < 4.78 is 28.6. The van der Waals surface area contributed by atoms with Gasteiger partial charge < -0.3 is 4.90 Å². The number of hydrogen-bond donors (Lipinski definition) is 0. The number of nitrogens with zero attached hydrogens (tertiary/aromatic N) is 4. The molecule has 2 aromatic heterocycles. The summed E-state index contributed by atoms with van der Waals surface area (Å²) in [5.41, 5.74) is 0.896. The molecule has 1 aromatic carbocycles. The highest BCUT2D eigenvalue weighted by atomic mass is 32.2. The molecule has 0 atom stereocenters. The fourth-order valence-corrected chi connectivity index (χ4v) is 8.00. The van der Waals surface area contributed by atoms with Crippen LogP contribution in [0.1, 0.15) is 12.8 Å². The van der Waals surface area contributed by atoms with Gasteiger partial charge in [0.1, 0.15) is 4.21 Å². The third kappa shape index (κ3) is 5.44. The molecule has 4 rings (SSSR count). The molecule has 7 nitrogen and oxygen atoms in total. The summed E-state index contributed by atoms with van der Waals surface area (Å²) in [6.07, 6.45) is 3.08. The predicted molar refractivity (Wildman–Crippen MR) is 138 cm³/mol. The lowest BCUT2D eigenvalue weighted by molar-refractivity contribution is -0.123. The Morgan fingerprint density at radius 3 is 2.61 bits per heavy atom. The molecule has 1 fully saturated rings. The topological polar surface area (TPSA) is 73.8 Å². The largest absolute Gasteiger partial charge is 0.308 e. The number of thiazole rings is 1. The first-order chi connectivity index (χ1) is 15.8. The number of carbonyl (C=O) groups excluding carboxylic acids is 1. The number of rotatable bonds is 8. The molecule has 3 heterocycles. The summed E-state index contributed by atoms with van der Waals surface area (Å²) in [7, 11) is 0.494. The number of likely N-dealkylation sites (N-methyl/N-ethyl adjacent to an activating group) is 1. The number of hydrogen-bond acceptors (Lipinski definition) is 8. The van der Waals surface area contributed by atoms with Crippen LogP contribution in [0.25, 0.3) is 10.2 Å². The van der Waals surface area contributed by atoms with E-state index in [2.05, 4.69) is 11.0 Å². The summed E-state index contributed by atoms with van der Waals surface area (Å²) >= 11 is 4.45. The Morgan fingerprint density at radius 2 is 1.97 bits per heavy atom. The summed E-state index contributed by atoms with van der Waals surface area (Å²) in [5.74, 6) is -0.176. The molecule has 0 saturated carbocycles. The van der Waals surface area contributed by atoms with Crippen LogP contribution >= 0.6 is 34.4 Å². The van der Waals surface area contributed by atoms with Crippen LogP contribution in [0.2, 0.25) is 0 Å². The number of thioether (sulfide) groups is 1. The third-order valence-corrected chi connectivity index (χ3v) is 10.8. The Hall–Kier alpha value is -1.50. The van der Waals surface area contributed by atoms with E-state index in [1.54, 1.807) is 34.2 Å². The lowest BCUT2D eigenvalue weighted by atomic mass is 9.96. The molecule has 178 valence electrons. The molecular weight excluding hydrogens is 497 g/mol. The van der Waals surface area contributed by atoms with E-state index in [1.807, 2.05) is 32.5 Å². The lowest BCUT2D eigenvalue weighted by Crippen LogP contribution is -2.45. The Morgan fingerprint density at radius 1 is 1.21 bits per heavy atom. The highest BCUT2D eigenvalue weighted by Gasteiger charge is 2.35. The van der Waals surface area contributed by atoms with Crippen LogP contribution in [0, 0.1) is 5.92 Å². The summed E-state index contributed by atoms with van der Waals surface area (Å²) in [6, 6.07) is 9.55. The van der Waals surface area contributed by atoms with Crippen molar-refractivity contribution in [2.75, 3.05) is 51.4 Å². The molecule has 3 aromatic rings. The van der Waals surface area contributed by atoms with Crippen molar-refractivity contribution in [2.24, 2.45) is 5.92 Å². The fraction of sp³-hybridized carbons (Fsp3) is 0.455. The van der Waals surface area contributed by atoms with E-state index < -0.39 is 10.0 Å². The van der Waals surface area contributed by atoms with Gasteiger partial charge in [0.25, 0.3) is 10.0 Å². The Bertz CT molecular complexity index is 1200. The van der Waals surface area contributed by atoms with Crippen molar-refractivity contribution in [1.82, 2.24) is 14.2 Å². The van der Waals surface area contributed by atoms with Gasteiger partial charge in [-0.1, -0.05) is 17.4 Å². The van der Waals surface area contributed by atoms with Crippen molar-refractivity contribution in [3.05, 3.63) is 35.7 Å². The maximum atomic E-state index is 13.6. The second-order valence-electron chi connectivity index (χ2n) is 8.23. The third-order valence-electron chi connectivity index (χ3n) is 5.74. The first-order valence-corrected chi connectivity index (χ1v) is 15.1. The number of amides is 1. The highest BCUT2D eigenvalue weighted by molar-refractivity contribution is 7.98. The normalized spacial score (nSPS) is 16.0. The van der Waals surface area contributed by atoms with Crippen LogP contribution in [0.4, 0.5) is 5.13 Å². The number of thiophene rings is 1. The molecule has 0 N–H and O–H groups in total. The Balaban J connectivity index is 1.52. The molecule has 0 bridgehead atoms. The number of anilines is 1. The number of fused-ring (bicyclic) bond motifs is 1. The molecule has 1 saturated heterocycles. The summed E-state index contributed by atoms with van der Waals surface area (Å²) in [5, 5.41) is 2.48. The molecule has 1 aliphatic rings. The zero-order chi connectivity index (χ0) is 23.6. The quantitative estimate of drug-likeness (QED) is 0.414. The van der Waals surface area contributed by atoms with Crippen molar-refractivity contribution in [3.63, 3.8) is 0 Å². The number of carbonyl (C=O) groups is 1. The Kier molecular flexibility index (Phi) is 7.76. The SMILES string of the molecule is CSc1ccc2nc(N(CCN(C)C)C(=O)C3CCN(S(=O)(=O)c4cccs4)CC3)sc2c1. The van der Waals surface area contributed by atoms with Gasteiger partial charge in [-0.25, -0.2) is 13.4 Å². The molecule has 0 spiro atoms. The van der Waals surface area contributed by atoms with Gasteiger partial charge in [0, 0.05) is 37.0 Å². The minimum absolute atomic E-state index is 0.0363. The smallest absolute Gasteiger partial charge is 0.252 e. The average Bonchev–Trinajstić information content (AvgIpc) is 3.49. The van der Waals surface area contributed by atoms with Crippen molar-refractivity contribution in [2.45, 2.75) is 21.9 Å². The highest BCUT2D eigenvalue weighted by Crippen LogP contribution is 2.34. The molecule has 0 radical (unpaired) electrons. The standard InChI is InChI=1S/C22H28N4O3S4/c1-24(2)12-13-26(22-23-18-7-6-17(30-3)15-19(18)32-22)21(27)16-8-10-25(11-9-16)33(28,29)20-5-4-14-31-20/h4-7,14-16H,8-13H2,1-3H3. The van der Waals surface area contributed by atoms with Gasteiger partial charge in [-0.3, -0.25) is 9.69 Å². The van der Waals surface area contributed by atoms with Gasteiger partial charge in [-0.2, -0.15) is 4.31 Å². The minimum Gasteiger partial charge on any atom is -0.308 e. The Labute approximate surface area is 207 Å². The van der Waals surface area contributed by atoms with Crippen molar-refractivity contribution in [3.8, 4) is 0 Å². The van der Waals surface area contributed by atoms with E-state index in [0.29, 0.717) is 41.8 Å². The lowest BCUT2D eigenvalue weighted by Gasteiger charge is -2.33. The van der Waals surface area contributed by atoms with E-state index >= 15 is 0 Å². The number of benzene rings is 1. The van der Waals surface area contributed by atoms with Gasteiger partial charge in [-0.15, -0.1) is 23.1 Å². The van der Waals surface area contributed by atoms with Gasteiger partial charge >= 0.3 is 0 Å². The van der Waals surface area contributed by atoms with Gasteiger partial charge in [0.15, 0.2) is 5.13 Å². The minimum atomic E-state index is -3.48. The molecular formula is C22H28N4O3S4. The maximum absolute atomic E-state index is 13.6. The fourth-order valence-electron chi connectivity index (χ4n) is 3.84. The molecule has 11 heteroatoms. The first kappa shape index (κ1) is 24.6. The predicted octanol–water partition coefficient (Wildman–Crippen LogP) is 4.08. The number of piperidine rings is 1. The van der Waals surface area contributed by atoms with Crippen LogP contribution in [-0.4, -0.2) is 75.0 Å². The van der Waals surface area contributed by atoms with Crippen LogP contribution < -0.4 is 4.90 Å². The summed E-state index contributed by atoms with van der Waals surface area (Å²) in [4.78, 5) is 23.4. The second kappa shape index (κ2) is 10.4. The van der Waals surface area contributed by atoms with Crippen molar-refractivity contribution >= 4 is 65.7 Å². The average molecular weight is 525 g/mol. The van der Waals surface area contributed by atoms with Gasteiger partial charge in [0.2, 0.25) is 5.91 Å². The molecule has 33 heavy (non-hydrogen) atoms. The summed E-state index contributed by atoms with van der Waals surface area (Å²) in [6.45, 7) is 1.99. The number of sulfonamides is 1. The monoisotopic (exact) mass is 524 g/mol. The van der Waals surface area contributed by atoms with Gasteiger partial charge in [-0.05, 0) is 62.8 Å². The first-order valence-electron chi connectivity index (χ1n) is 10.7. The molecule has 0 aliphatic carbocycles.